The van der Waals surface area contributed by atoms with Crippen LogP contribution in [0.15, 0.2) is 55.6 Å². The van der Waals surface area contributed by atoms with Crippen LogP contribution in [0, 0.1) is 0 Å². The number of hydrogen-bond donors (Lipinski definition) is 5. The van der Waals surface area contributed by atoms with Crippen LogP contribution in [0.1, 0.15) is 30.4 Å². The number of allylic oxidation sites excluding steroid dienone is 2. The lowest BCUT2D eigenvalue weighted by molar-refractivity contribution is -0.117. The predicted molar refractivity (Wildman–Crippen MR) is 123 cm³/mol. The van der Waals surface area contributed by atoms with Gasteiger partial charge in [0.05, 0.1) is 6.04 Å². The Labute approximate surface area is 177 Å². The first-order valence-electron chi connectivity index (χ1n) is 10.1. The Morgan fingerprint density at radius 1 is 1.10 bits per heavy atom. The molecule has 2 aromatic rings. The minimum Gasteiger partial charge on any atom is -0.505 e. The molecule has 2 aromatic carbocycles. The summed E-state index contributed by atoms with van der Waals surface area (Å²) in [6.45, 7) is 8.01. The summed E-state index contributed by atoms with van der Waals surface area (Å²) in [7, 11) is 0. The maximum atomic E-state index is 12.5. The Kier molecular flexibility index (Phi) is 8.65. The summed E-state index contributed by atoms with van der Waals surface area (Å²) in [5, 5.41) is 24.2. The molecule has 0 aliphatic carbocycles. The molecule has 0 saturated carbocycles. The molecule has 0 radical (unpaired) electrons. The average Bonchev–Trinajstić information content (AvgIpc) is 2.73. The fourth-order valence-corrected chi connectivity index (χ4v) is 3.26. The number of phenolic OH excluding ortho intramolecular Hbond substituents is 2. The lowest BCUT2D eigenvalue weighted by Crippen LogP contribution is -2.35. The second kappa shape index (κ2) is 11.2. The summed E-state index contributed by atoms with van der Waals surface area (Å²) in [6, 6.07) is 8.60. The van der Waals surface area contributed by atoms with Crippen molar-refractivity contribution in [3.63, 3.8) is 0 Å². The van der Waals surface area contributed by atoms with Crippen LogP contribution in [0.25, 0.3) is 11.1 Å². The van der Waals surface area contributed by atoms with Gasteiger partial charge in [0.15, 0.2) is 5.75 Å². The predicted octanol–water partition coefficient (Wildman–Crippen LogP) is 3.62. The molecule has 0 bridgehead atoms. The van der Waals surface area contributed by atoms with Crippen molar-refractivity contribution in [2.75, 3.05) is 11.9 Å². The third kappa shape index (κ3) is 5.72. The first-order valence-corrected chi connectivity index (χ1v) is 10.1. The Balaban J connectivity index is 2.44. The van der Waals surface area contributed by atoms with E-state index < -0.39 is 11.9 Å². The van der Waals surface area contributed by atoms with Crippen LogP contribution in [-0.2, 0) is 17.6 Å². The van der Waals surface area contributed by atoms with Gasteiger partial charge in [-0.2, -0.15) is 0 Å². The number of nitrogens with two attached hydrogens (primary N) is 2. The number of hydrogen-bond acceptors (Lipinski definition) is 5. The van der Waals surface area contributed by atoms with Crippen molar-refractivity contribution in [2.45, 2.75) is 38.1 Å². The van der Waals surface area contributed by atoms with Crippen molar-refractivity contribution in [3.05, 3.63) is 66.8 Å². The van der Waals surface area contributed by atoms with Gasteiger partial charge in [-0.05, 0) is 49.4 Å². The highest BCUT2D eigenvalue weighted by Gasteiger charge is 2.22. The summed E-state index contributed by atoms with van der Waals surface area (Å²) in [6.07, 6.45) is 6.47. The van der Waals surface area contributed by atoms with E-state index in [4.69, 9.17) is 11.5 Å². The smallest absolute Gasteiger partial charge is 0.241 e. The topological polar surface area (TPSA) is 122 Å². The third-order valence-corrected chi connectivity index (χ3v) is 4.89. The normalized spacial score (nSPS) is 11.7. The van der Waals surface area contributed by atoms with Crippen LogP contribution >= 0.6 is 0 Å². The number of benzene rings is 2. The van der Waals surface area contributed by atoms with E-state index in [1.165, 1.54) is 0 Å². The summed E-state index contributed by atoms with van der Waals surface area (Å²) < 4.78 is 0. The van der Waals surface area contributed by atoms with Crippen molar-refractivity contribution in [3.8, 4) is 22.6 Å². The van der Waals surface area contributed by atoms with Crippen molar-refractivity contribution in [1.29, 1.82) is 0 Å². The molecule has 1 amide bonds. The number of nitrogens with one attached hydrogen (secondary N) is 1. The Morgan fingerprint density at radius 2 is 1.83 bits per heavy atom. The van der Waals surface area contributed by atoms with Gasteiger partial charge in [0, 0.05) is 11.1 Å². The fourth-order valence-electron chi connectivity index (χ4n) is 3.26. The van der Waals surface area contributed by atoms with E-state index in [0.717, 1.165) is 24.0 Å². The zero-order valence-electron chi connectivity index (χ0n) is 17.2. The standard InChI is InChI=1S/C24H31N3O3/c1-3-8-16-10-7-11-17(14-16)19-15-18(9-4-2)22(28)21(23(19)29)27-24(30)20(26)12-5-6-13-25/h3-4,7,10-11,14-15,20,28-29H,1-2,5-6,8-9,12-13,25-26H2,(H,27,30). The third-order valence-electron chi connectivity index (χ3n) is 4.89. The van der Waals surface area contributed by atoms with Gasteiger partial charge in [-0.15, -0.1) is 13.2 Å². The highest BCUT2D eigenvalue weighted by Crippen LogP contribution is 2.44. The monoisotopic (exact) mass is 409 g/mol. The molecule has 0 spiro atoms. The molecule has 0 fully saturated rings. The van der Waals surface area contributed by atoms with Crippen molar-refractivity contribution in [1.82, 2.24) is 0 Å². The molecule has 160 valence electrons. The number of rotatable bonds is 11. The lowest BCUT2D eigenvalue weighted by Gasteiger charge is -2.18. The molecule has 1 atom stereocenters. The Hall–Kier alpha value is -3.09. The van der Waals surface area contributed by atoms with Gasteiger partial charge in [0.2, 0.25) is 5.91 Å². The highest BCUT2D eigenvalue weighted by atomic mass is 16.3. The largest absolute Gasteiger partial charge is 0.505 e. The van der Waals surface area contributed by atoms with Crippen molar-refractivity contribution in [2.24, 2.45) is 11.5 Å². The van der Waals surface area contributed by atoms with Crippen LogP contribution < -0.4 is 16.8 Å². The summed E-state index contributed by atoms with van der Waals surface area (Å²) in [5.74, 6) is -0.876. The lowest BCUT2D eigenvalue weighted by atomic mass is 9.96. The van der Waals surface area contributed by atoms with E-state index in [0.29, 0.717) is 36.9 Å². The van der Waals surface area contributed by atoms with E-state index in [1.54, 1.807) is 18.2 Å². The zero-order chi connectivity index (χ0) is 22.1. The number of carbonyl (C=O) groups excluding carboxylic acids is 1. The van der Waals surface area contributed by atoms with Crippen LogP contribution in [0.3, 0.4) is 0 Å². The fraction of sp³-hybridized carbons (Fsp3) is 0.292. The molecule has 0 aliphatic heterocycles. The molecule has 0 aromatic heterocycles. The van der Waals surface area contributed by atoms with Crippen LogP contribution in [0.4, 0.5) is 5.69 Å². The van der Waals surface area contributed by atoms with E-state index in [2.05, 4.69) is 18.5 Å². The minimum atomic E-state index is -0.766. The SMILES string of the molecule is C=CCc1cccc(-c2cc(CC=C)c(O)c(NC(=O)C(N)CCCCN)c2O)c1. The summed E-state index contributed by atoms with van der Waals surface area (Å²) in [5.41, 5.74) is 14.2. The number of phenols is 2. The number of carbonyl (C=O) groups is 1. The first-order chi connectivity index (χ1) is 14.4. The Morgan fingerprint density at radius 3 is 2.50 bits per heavy atom. The molecular weight excluding hydrogens is 378 g/mol. The van der Waals surface area contributed by atoms with Gasteiger partial charge in [0.25, 0.3) is 0 Å². The van der Waals surface area contributed by atoms with Crippen LogP contribution in [0.2, 0.25) is 0 Å². The van der Waals surface area contributed by atoms with E-state index in [9.17, 15) is 15.0 Å². The molecule has 6 heteroatoms. The van der Waals surface area contributed by atoms with Gasteiger partial charge >= 0.3 is 0 Å². The van der Waals surface area contributed by atoms with Gasteiger partial charge < -0.3 is 27.0 Å². The second-order valence-corrected chi connectivity index (χ2v) is 7.22. The number of anilines is 1. The van der Waals surface area contributed by atoms with Crippen molar-refractivity contribution < 1.29 is 15.0 Å². The maximum absolute atomic E-state index is 12.5. The van der Waals surface area contributed by atoms with E-state index in [-0.39, 0.29) is 17.2 Å². The van der Waals surface area contributed by atoms with Crippen LogP contribution in [-0.4, -0.2) is 28.7 Å². The average molecular weight is 410 g/mol. The summed E-state index contributed by atoms with van der Waals surface area (Å²) >= 11 is 0. The molecular formula is C24H31N3O3. The summed E-state index contributed by atoms with van der Waals surface area (Å²) in [4.78, 5) is 12.5. The molecule has 1 unspecified atom stereocenters. The van der Waals surface area contributed by atoms with E-state index >= 15 is 0 Å². The Bertz CT molecular complexity index is 909. The number of unbranched alkanes of at least 4 members (excludes halogenated alkanes) is 1. The molecule has 0 saturated heterocycles. The molecule has 7 N–H and O–H groups in total. The van der Waals surface area contributed by atoms with Crippen molar-refractivity contribution >= 4 is 11.6 Å². The molecule has 0 heterocycles. The maximum Gasteiger partial charge on any atom is 0.241 e. The quantitative estimate of drug-likeness (QED) is 0.220. The first kappa shape index (κ1) is 23.2. The number of amides is 1. The van der Waals surface area contributed by atoms with Gasteiger partial charge in [0.1, 0.15) is 11.4 Å². The van der Waals surface area contributed by atoms with Gasteiger partial charge in [-0.25, -0.2) is 0 Å². The molecule has 0 aliphatic rings. The van der Waals surface area contributed by atoms with Crippen LogP contribution in [0.5, 0.6) is 11.5 Å². The second-order valence-electron chi connectivity index (χ2n) is 7.22. The minimum absolute atomic E-state index is 0.0438. The highest BCUT2D eigenvalue weighted by molar-refractivity contribution is 5.99. The van der Waals surface area contributed by atoms with E-state index in [1.807, 2.05) is 24.3 Å². The molecule has 2 rings (SSSR count). The molecule has 30 heavy (non-hydrogen) atoms. The van der Waals surface area contributed by atoms with Gasteiger partial charge in [-0.3, -0.25) is 4.79 Å². The zero-order valence-corrected chi connectivity index (χ0v) is 17.2. The number of aromatic hydroxyl groups is 2. The van der Waals surface area contributed by atoms with Gasteiger partial charge in [-0.1, -0.05) is 42.8 Å². The molecule has 6 nitrogen and oxygen atoms in total.